The van der Waals surface area contributed by atoms with Gasteiger partial charge in [0.15, 0.2) is 0 Å². The summed E-state index contributed by atoms with van der Waals surface area (Å²) in [5.41, 5.74) is 6.80. The number of halogens is 1. The number of hydrogen-bond donors (Lipinski definition) is 2. The van der Waals surface area contributed by atoms with Crippen LogP contribution in [0.3, 0.4) is 0 Å². The van der Waals surface area contributed by atoms with Gasteiger partial charge in [0.2, 0.25) is 0 Å². The molecule has 0 saturated heterocycles. The molecule has 1 heterocycles. The van der Waals surface area contributed by atoms with Crippen molar-refractivity contribution >= 4 is 11.7 Å². The molecular formula is C19H16FN3O2. The van der Waals surface area contributed by atoms with E-state index in [1.807, 2.05) is 30.3 Å². The predicted octanol–water partition coefficient (Wildman–Crippen LogP) is 3.96. The van der Waals surface area contributed by atoms with Gasteiger partial charge in [-0.3, -0.25) is 4.98 Å². The van der Waals surface area contributed by atoms with Crippen LogP contribution in [0.15, 0.2) is 66.9 Å². The number of nitrogens with one attached hydrogen (secondary N) is 1. The molecule has 0 unspecified atom stereocenters. The number of urea groups is 1. The molecule has 0 aliphatic carbocycles. The number of amides is 2. The van der Waals surface area contributed by atoms with Crippen LogP contribution >= 0.6 is 0 Å². The van der Waals surface area contributed by atoms with Crippen LogP contribution in [-0.2, 0) is 6.61 Å². The summed E-state index contributed by atoms with van der Waals surface area (Å²) < 4.78 is 20.3. The first-order valence-corrected chi connectivity index (χ1v) is 7.62. The van der Waals surface area contributed by atoms with E-state index in [1.165, 1.54) is 18.3 Å². The second-order valence-electron chi connectivity index (χ2n) is 5.28. The first kappa shape index (κ1) is 16.4. The van der Waals surface area contributed by atoms with E-state index in [-0.39, 0.29) is 11.3 Å². The maximum absolute atomic E-state index is 14.4. The van der Waals surface area contributed by atoms with Crippen molar-refractivity contribution in [1.29, 1.82) is 0 Å². The molecule has 0 atom stereocenters. The van der Waals surface area contributed by atoms with E-state index in [9.17, 15) is 9.18 Å². The van der Waals surface area contributed by atoms with Crippen LogP contribution < -0.4 is 15.8 Å². The summed E-state index contributed by atoms with van der Waals surface area (Å²) in [5.74, 6) is -0.126. The number of rotatable bonds is 5. The Labute approximate surface area is 144 Å². The van der Waals surface area contributed by atoms with Crippen LogP contribution in [0.25, 0.3) is 11.3 Å². The van der Waals surface area contributed by atoms with Gasteiger partial charge >= 0.3 is 6.03 Å². The van der Waals surface area contributed by atoms with Crippen LogP contribution in [0.1, 0.15) is 5.56 Å². The number of ether oxygens (including phenoxy) is 1. The van der Waals surface area contributed by atoms with Crippen molar-refractivity contribution in [2.24, 2.45) is 5.73 Å². The van der Waals surface area contributed by atoms with Gasteiger partial charge < -0.3 is 15.8 Å². The molecule has 0 fully saturated rings. The molecule has 0 spiro atoms. The molecule has 3 aromatic rings. The summed E-state index contributed by atoms with van der Waals surface area (Å²) in [6.07, 6.45) is 1.53. The van der Waals surface area contributed by atoms with Gasteiger partial charge in [-0.25, -0.2) is 9.18 Å². The largest absolute Gasteiger partial charge is 0.487 e. The average Bonchev–Trinajstić information content (AvgIpc) is 2.61. The van der Waals surface area contributed by atoms with Crippen LogP contribution in [0, 0.1) is 5.82 Å². The summed E-state index contributed by atoms with van der Waals surface area (Å²) in [7, 11) is 0. The predicted molar refractivity (Wildman–Crippen MR) is 93.6 cm³/mol. The zero-order valence-corrected chi connectivity index (χ0v) is 13.3. The van der Waals surface area contributed by atoms with Crippen molar-refractivity contribution in [3.63, 3.8) is 0 Å². The molecule has 126 valence electrons. The average molecular weight is 337 g/mol. The van der Waals surface area contributed by atoms with Crippen LogP contribution in [0.4, 0.5) is 14.9 Å². The highest BCUT2D eigenvalue weighted by Gasteiger charge is 2.17. The third kappa shape index (κ3) is 3.92. The molecule has 2 amide bonds. The summed E-state index contributed by atoms with van der Waals surface area (Å²) in [4.78, 5) is 15.4. The highest BCUT2D eigenvalue weighted by atomic mass is 19.1. The van der Waals surface area contributed by atoms with Crippen LogP contribution in [-0.4, -0.2) is 11.0 Å². The second-order valence-corrected chi connectivity index (χ2v) is 5.28. The fourth-order valence-corrected chi connectivity index (χ4v) is 2.43. The molecular weight excluding hydrogens is 321 g/mol. The van der Waals surface area contributed by atoms with Gasteiger partial charge in [0.05, 0.1) is 11.3 Å². The van der Waals surface area contributed by atoms with Crippen molar-refractivity contribution in [3.8, 4) is 17.0 Å². The zero-order valence-electron chi connectivity index (χ0n) is 13.3. The number of carbonyl (C=O) groups is 1. The molecule has 3 rings (SSSR count). The Morgan fingerprint density at radius 3 is 2.64 bits per heavy atom. The van der Waals surface area contributed by atoms with Gasteiger partial charge in [-0.05, 0) is 29.8 Å². The lowest BCUT2D eigenvalue weighted by atomic mass is 10.1. The fourth-order valence-electron chi connectivity index (χ4n) is 2.43. The minimum atomic E-state index is -0.783. The molecule has 6 heteroatoms. The van der Waals surface area contributed by atoms with Gasteiger partial charge in [0.1, 0.15) is 23.9 Å². The van der Waals surface area contributed by atoms with Gasteiger partial charge in [0.25, 0.3) is 0 Å². The highest BCUT2D eigenvalue weighted by Crippen LogP contribution is 2.35. The first-order valence-electron chi connectivity index (χ1n) is 7.62. The smallest absolute Gasteiger partial charge is 0.316 e. The van der Waals surface area contributed by atoms with Gasteiger partial charge in [0, 0.05) is 6.20 Å². The summed E-state index contributed by atoms with van der Waals surface area (Å²) in [5, 5.41) is 2.42. The molecule has 0 radical (unpaired) electrons. The number of aromatic nitrogens is 1. The maximum Gasteiger partial charge on any atom is 0.316 e. The molecule has 0 aliphatic heterocycles. The Morgan fingerprint density at radius 2 is 1.88 bits per heavy atom. The van der Waals surface area contributed by atoms with E-state index in [0.29, 0.717) is 18.1 Å². The number of pyridine rings is 1. The lowest BCUT2D eigenvalue weighted by Gasteiger charge is -2.14. The van der Waals surface area contributed by atoms with Crippen molar-refractivity contribution < 1.29 is 13.9 Å². The summed E-state index contributed by atoms with van der Waals surface area (Å²) in [6.45, 7) is 0.312. The third-order valence-electron chi connectivity index (χ3n) is 3.52. The summed E-state index contributed by atoms with van der Waals surface area (Å²) >= 11 is 0. The molecule has 0 aliphatic rings. The van der Waals surface area contributed by atoms with Gasteiger partial charge in [-0.15, -0.1) is 0 Å². The Balaban J connectivity index is 1.97. The van der Waals surface area contributed by atoms with Crippen molar-refractivity contribution in [1.82, 2.24) is 4.98 Å². The standard InChI is InChI=1S/C19H16FN3O2/c20-14-8-4-9-15(23-19(21)24)17(14)18-16(10-5-11-22-18)25-12-13-6-2-1-3-7-13/h1-11H,12H2,(H3,21,23,24). The monoisotopic (exact) mass is 337 g/mol. The third-order valence-corrected chi connectivity index (χ3v) is 3.52. The minimum Gasteiger partial charge on any atom is -0.487 e. The van der Waals surface area contributed by atoms with E-state index in [4.69, 9.17) is 10.5 Å². The Hall–Kier alpha value is -3.41. The van der Waals surface area contributed by atoms with E-state index in [2.05, 4.69) is 10.3 Å². The molecule has 5 nitrogen and oxygen atoms in total. The number of carbonyl (C=O) groups excluding carboxylic acids is 1. The SMILES string of the molecule is NC(=O)Nc1cccc(F)c1-c1ncccc1OCc1ccccc1. The zero-order chi connectivity index (χ0) is 17.6. The Kier molecular flexibility index (Phi) is 4.89. The Morgan fingerprint density at radius 1 is 1.08 bits per heavy atom. The summed E-state index contributed by atoms with van der Waals surface area (Å²) in [6, 6.07) is 16.5. The molecule has 25 heavy (non-hydrogen) atoms. The topological polar surface area (TPSA) is 77.2 Å². The minimum absolute atomic E-state index is 0.130. The van der Waals surface area contributed by atoms with Gasteiger partial charge in [-0.1, -0.05) is 36.4 Å². The number of nitrogens with two attached hydrogens (primary N) is 1. The molecule has 0 bridgehead atoms. The van der Waals surface area contributed by atoms with Gasteiger partial charge in [-0.2, -0.15) is 0 Å². The molecule has 2 aromatic carbocycles. The van der Waals surface area contributed by atoms with Crippen LogP contribution in [0.5, 0.6) is 5.75 Å². The van der Waals surface area contributed by atoms with E-state index in [1.54, 1.807) is 18.2 Å². The molecule has 0 saturated carbocycles. The number of hydrogen-bond acceptors (Lipinski definition) is 3. The normalized spacial score (nSPS) is 10.3. The van der Waals surface area contributed by atoms with Crippen LogP contribution in [0.2, 0.25) is 0 Å². The van der Waals surface area contributed by atoms with E-state index < -0.39 is 11.8 Å². The van der Waals surface area contributed by atoms with Crippen molar-refractivity contribution in [2.75, 3.05) is 5.32 Å². The lowest BCUT2D eigenvalue weighted by Crippen LogP contribution is -2.20. The molecule has 1 aromatic heterocycles. The van der Waals surface area contributed by atoms with E-state index >= 15 is 0 Å². The number of benzene rings is 2. The number of anilines is 1. The molecule has 3 N–H and O–H groups in total. The number of nitrogens with zero attached hydrogens (tertiary/aromatic N) is 1. The second kappa shape index (κ2) is 7.44. The fraction of sp³-hybridized carbons (Fsp3) is 0.0526. The first-order chi connectivity index (χ1) is 12.1. The number of primary amides is 1. The van der Waals surface area contributed by atoms with E-state index in [0.717, 1.165) is 5.56 Å². The maximum atomic E-state index is 14.4. The quantitative estimate of drug-likeness (QED) is 0.740. The Bertz CT molecular complexity index is 885. The lowest BCUT2D eigenvalue weighted by molar-refractivity contribution is 0.259. The van der Waals surface area contributed by atoms with Crippen molar-refractivity contribution in [2.45, 2.75) is 6.61 Å². The van der Waals surface area contributed by atoms with Crippen molar-refractivity contribution in [3.05, 3.63) is 78.2 Å². The highest BCUT2D eigenvalue weighted by molar-refractivity contribution is 5.93.